The fourth-order valence-corrected chi connectivity index (χ4v) is 2.90. The van der Waals surface area contributed by atoms with Crippen LogP contribution in [0.15, 0.2) is 11.2 Å². The lowest BCUT2D eigenvalue weighted by Gasteiger charge is -2.20. The van der Waals surface area contributed by atoms with Crippen LogP contribution in [0.4, 0.5) is 0 Å². The number of piperidine rings is 1. The molecular formula is C13H23N3S. The average molecular weight is 253 g/mol. The van der Waals surface area contributed by atoms with Crippen LogP contribution < -0.4 is 5.32 Å². The molecule has 0 aliphatic carbocycles. The third kappa shape index (κ3) is 3.89. The number of aliphatic imine (C=N–C) groups is 1. The number of hydrogen-bond donors (Lipinski definition) is 1. The maximum atomic E-state index is 4.52. The lowest BCUT2D eigenvalue weighted by atomic mass is 9.99. The Bertz CT molecular complexity index is 351. The van der Waals surface area contributed by atoms with Crippen molar-refractivity contribution in [3.05, 3.63) is 16.1 Å². The Morgan fingerprint density at radius 3 is 2.65 bits per heavy atom. The molecule has 0 amide bonds. The summed E-state index contributed by atoms with van der Waals surface area (Å²) in [5.41, 5.74) is 1.09. The van der Waals surface area contributed by atoms with Crippen molar-refractivity contribution in [1.29, 1.82) is 0 Å². The van der Waals surface area contributed by atoms with Crippen LogP contribution in [0.3, 0.4) is 0 Å². The Labute approximate surface area is 108 Å². The zero-order chi connectivity index (χ0) is 12.7. The summed E-state index contributed by atoms with van der Waals surface area (Å²) in [7, 11) is 1.83. The molecule has 3 nitrogen and oxygen atoms in total. The summed E-state index contributed by atoms with van der Waals surface area (Å²) < 4.78 is 0. The summed E-state index contributed by atoms with van der Waals surface area (Å²) in [6, 6.07) is 0. The minimum Gasteiger partial charge on any atom is -0.317 e. The Morgan fingerprint density at radius 1 is 1.41 bits per heavy atom. The van der Waals surface area contributed by atoms with Crippen LogP contribution in [0.25, 0.3) is 0 Å². The van der Waals surface area contributed by atoms with E-state index in [9.17, 15) is 0 Å². The minimum absolute atomic E-state index is 0.662. The topological polar surface area (TPSA) is 37.3 Å². The van der Waals surface area contributed by atoms with Gasteiger partial charge in [0.2, 0.25) is 0 Å². The van der Waals surface area contributed by atoms with Gasteiger partial charge in [0, 0.05) is 19.2 Å². The Morgan fingerprint density at radius 2 is 2.06 bits per heavy atom. The SMILES string of the molecule is CC.CN=C(C)c1cnc(C2CCNCC2)s1. The molecule has 4 heteroatoms. The molecule has 0 unspecified atom stereocenters. The van der Waals surface area contributed by atoms with Crippen molar-refractivity contribution in [2.24, 2.45) is 4.99 Å². The van der Waals surface area contributed by atoms with Crippen LogP contribution in [-0.2, 0) is 0 Å². The van der Waals surface area contributed by atoms with E-state index in [2.05, 4.69) is 15.3 Å². The molecule has 1 fully saturated rings. The molecule has 17 heavy (non-hydrogen) atoms. The van der Waals surface area contributed by atoms with E-state index in [4.69, 9.17) is 0 Å². The van der Waals surface area contributed by atoms with Gasteiger partial charge in [-0.1, -0.05) is 13.8 Å². The summed E-state index contributed by atoms with van der Waals surface area (Å²) in [4.78, 5) is 9.92. The lowest BCUT2D eigenvalue weighted by Crippen LogP contribution is -2.26. The highest BCUT2D eigenvalue weighted by molar-refractivity contribution is 7.13. The predicted molar refractivity (Wildman–Crippen MR) is 76.4 cm³/mol. The fraction of sp³-hybridized carbons (Fsp3) is 0.692. The first-order valence-corrected chi connectivity index (χ1v) is 7.23. The Kier molecular flexibility index (Phi) is 6.37. The van der Waals surface area contributed by atoms with Crippen molar-refractivity contribution >= 4 is 17.0 Å². The zero-order valence-corrected chi connectivity index (χ0v) is 12.1. The molecule has 1 aliphatic rings. The molecule has 1 aliphatic heterocycles. The summed E-state index contributed by atoms with van der Waals surface area (Å²) in [5, 5.41) is 4.66. The van der Waals surface area contributed by atoms with Gasteiger partial charge >= 0.3 is 0 Å². The predicted octanol–water partition coefficient (Wildman–Crippen LogP) is 3.08. The normalized spacial score (nSPS) is 17.5. The fourth-order valence-electron chi connectivity index (χ4n) is 1.82. The van der Waals surface area contributed by atoms with Gasteiger partial charge in [-0.15, -0.1) is 11.3 Å². The van der Waals surface area contributed by atoms with Gasteiger partial charge < -0.3 is 5.32 Å². The van der Waals surface area contributed by atoms with Crippen LogP contribution in [-0.4, -0.2) is 30.8 Å². The van der Waals surface area contributed by atoms with E-state index in [1.165, 1.54) is 22.7 Å². The van der Waals surface area contributed by atoms with Gasteiger partial charge in [0.15, 0.2) is 0 Å². The number of rotatable bonds is 2. The third-order valence-corrected chi connectivity index (χ3v) is 4.17. The van der Waals surface area contributed by atoms with Gasteiger partial charge in [0.25, 0.3) is 0 Å². The third-order valence-electron chi connectivity index (χ3n) is 2.90. The largest absolute Gasteiger partial charge is 0.317 e. The number of nitrogens with one attached hydrogen (secondary N) is 1. The number of thiazole rings is 1. The van der Waals surface area contributed by atoms with Gasteiger partial charge in [-0.25, -0.2) is 4.98 Å². The van der Waals surface area contributed by atoms with Gasteiger partial charge in [-0.05, 0) is 32.9 Å². The summed E-state index contributed by atoms with van der Waals surface area (Å²) in [6.07, 6.45) is 4.40. The van der Waals surface area contributed by atoms with E-state index >= 15 is 0 Å². The van der Waals surface area contributed by atoms with Crippen LogP contribution >= 0.6 is 11.3 Å². The molecule has 2 rings (SSSR count). The molecule has 1 aromatic rings. The second-order valence-electron chi connectivity index (χ2n) is 3.90. The first-order chi connectivity index (χ1) is 8.31. The summed E-state index contributed by atoms with van der Waals surface area (Å²) in [6.45, 7) is 8.29. The quantitative estimate of drug-likeness (QED) is 0.822. The molecule has 1 aromatic heterocycles. The maximum Gasteiger partial charge on any atom is 0.0963 e. The highest BCUT2D eigenvalue weighted by Gasteiger charge is 2.18. The molecule has 1 N–H and O–H groups in total. The molecule has 96 valence electrons. The first kappa shape index (κ1) is 14.3. The zero-order valence-electron chi connectivity index (χ0n) is 11.3. The second kappa shape index (κ2) is 7.56. The average Bonchev–Trinajstić information content (AvgIpc) is 2.91. The highest BCUT2D eigenvalue weighted by atomic mass is 32.1. The molecule has 0 saturated carbocycles. The summed E-state index contributed by atoms with van der Waals surface area (Å²) in [5.74, 6) is 0.662. The number of aromatic nitrogens is 1. The van der Waals surface area contributed by atoms with Gasteiger partial charge in [-0.2, -0.15) is 0 Å². The molecule has 2 heterocycles. The van der Waals surface area contributed by atoms with E-state index < -0.39 is 0 Å². The van der Waals surface area contributed by atoms with Crippen LogP contribution in [0.1, 0.15) is 49.4 Å². The second-order valence-corrected chi connectivity index (χ2v) is 4.96. The lowest BCUT2D eigenvalue weighted by molar-refractivity contribution is 0.459. The van der Waals surface area contributed by atoms with Crippen molar-refractivity contribution in [3.63, 3.8) is 0 Å². The standard InChI is InChI=1S/C11H17N3S.C2H6/c1-8(12-2)10-7-14-11(15-10)9-3-5-13-6-4-9;1-2/h7,9,13H,3-6H2,1-2H3;1-2H3. The van der Waals surface area contributed by atoms with E-state index in [1.807, 2.05) is 34.0 Å². The van der Waals surface area contributed by atoms with Gasteiger partial charge in [-0.3, -0.25) is 4.99 Å². The Balaban J connectivity index is 0.000000686. The van der Waals surface area contributed by atoms with Crippen LogP contribution in [0, 0.1) is 0 Å². The molecule has 0 spiro atoms. The van der Waals surface area contributed by atoms with Crippen molar-refractivity contribution < 1.29 is 0 Å². The molecule has 1 saturated heterocycles. The molecular weight excluding hydrogens is 230 g/mol. The van der Waals surface area contributed by atoms with E-state index in [1.54, 1.807) is 11.3 Å². The number of hydrogen-bond acceptors (Lipinski definition) is 4. The number of nitrogens with zero attached hydrogens (tertiary/aromatic N) is 2. The monoisotopic (exact) mass is 253 g/mol. The van der Waals surface area contributed by atoms with Gasteiger partial charge in [0.1, 0.15) is 0 Å². The Hall–Kier alpha value is -0.740. The summed E-state index contributed by atoms with van der Waals surface area (Å²) >= 11 is 1.80. The molecule has 0 aromatic carbocycles. The van der Waals surface area contributed by atoms with Crippen LogP contribution in [0.2, 0.25) is 0 Å². The van der Waals surface area contributed by atoms with E-state index in [-0.39, 0.29) is 0 Å². The first-order valence-electron chi connectivity index (χ1n) is 6.41. The maximum absolute atomic E-state index is 4.52. The van der Waals surface area contributed by atoms with E-state index in [0.29, 0.717) is 5.92 Å². The van der Waals surface area contributed by atoms with Crippen molar-refractivity contribution in [3.8, 4) is 0 Å². The van der Waals surface area contributed by atoms with Crippen molar-refractivity contribution in [2.45, 2.75) is 39.5 Å². The smallest absolute Gasteiger partial charge is 0.0963 e. The van der Waals surface area contributed by atoms with Crippen molar-refractivity contribution in [1.82, 2.24) is 10.3 Å². The molecule has 0 atom stereocenters. The molecule has 0 radical (unpaired) electrons. The van der Waals surface area contributed by atoms with Crippen molar-refractivity contribution in [2.75, 3.05) is 20.1 Å². The van der Waals surface area contributed by atoms with Gasteiger partial charge in [0.05, 0.1) is 15.6 Å². The molecule has 0 bridgehead atoms. The van der Waals surface area contributed by atoms with E-state index in [0.717, 1.165) is 18.8 Å². The minimum atomic E-state index is 0.662. The van der Waals surface area contributed by atoms with Crippen LogP contribution in [0.5, 0.6) is 0 Å². The highest BCUT2D eigenvalue weighted by Crippen LogP contribution is 2.28.